The van der Waals surface area contributed by atoms with Crippen LogP contribution >= 0.6 is 0 Å². The lowest BCUT2D eigenvalue weighted by molar-refractivity contribution is -0.123. The molecule has 1 fully saturated rings. The van der Waals surface area contributed by atoms with Crippen molar-refractivity contribution in [1.29, 1.82) is 0 Å². The Morgan fingerprint density at radius 1 is 1.55 bits per heavy atom. The Labute approximate surface area is 67.5 Å². The van der Waals surface area contributed by atoms with Crippen molar-refractivity contribution in [3.8, 4) is 0 Å². The Balaban J connectivity index is 2.39. The van der Waals surface area contributed by atoms with Gasteiger partial charge in [0.1, 0.15) is 0 Å². The van der Waals surface area contributed by atoms with Crippen molar-refractivity contribution in [1.82, 2.24) is 10.6 Å². The number of amides is 1. The highest BCUT2D eigenvalue weighted by atomic mass is 16.2. The second-order valence-corrected chi connectivity index (χ2v) is 3.17. The van der Waals surface area contributed by atoms with Crippen LogP contribution in [0, 0.1) is 0 Å². The molecule has 2 N–H and O–H groups in total. The van der Waals surface area contributed by atoms with Gasteiger partial charge >= 0.3 is 0 Å². The van der Waals surface area contributed by atoms with Crippen LogP contribution in [0.3, 0.4) is 0 Å². The molecule has 0 aromatic rings. The lowest BCUT2D eigenvalue weighted by Crippen LogP contribution is -2.49. The largest absolute Gasteiger partial charge is 0.358 e. The van der Waals surface area contributed by atoms with Gasteiger partial charge < -0.3 is 10.6 Å². The molecule has 3 nitrogen and oxygen atoms in total. The van der Waals surface area contributed by atoms with Crippen molar-refractivity contribution in [3.63, 3.8) is 0 Å². The van der Waals surface area contributed by atoms with E-state index in [-0.39, 0.29) is 11.9 Å². The summed E-state index contributed by atoms with van der Waals surface area (Å²) in [5.41, 5.74) is 0. The highest BCUT2D eigenvalue weighted by Crippen LogP contribution is 2.11. The first kappa shape index (κ1) is 8.53. The van der Waals surface area contributed by atoms with Gasteiger partial charge in [-0.1, -0.05) is 0 Å². The summed E-state index contributed by atoms with van der Waals surface area (Å²) in [6.45, 7) is 2.12. The normalized spacial score (nSPS) is 31.5. The average Bonchev–Trinajstić information content (AvgIpc) is 2.03. The van der Waals surface area contributed by atoms with E-state index in [0.717, 1.165) is 12.8 Å². The Morgan fingerprint density at radius 2 is 2.27 bits per heavy atom. The van der Waals surface area contributed by atoms with Gasteiger partial charge in [0.25, 0.3) is 0 Å². The van der Waals surface area contributed by atoms with E-state index in [2.05, 4.69) is 17.6 Å². The zero-order chi connectivity index (χ0) is 8.27. The fourth-order valence-corrected chi connectivity index (χ4v) is 1.52. The number of piperidine rings is 1. The van der Waals surface area contributed by atoms with E-state index >= 15 is 0 Å². The van der Waals surface area contributed by atoms with Crippen LogP contribution in [-0.2, 0) is 4.79 Å². The van der Waals surface area contributed by atoms with E-state index in [9.17, 15) is 4.79 Å². The summed E-state index contributed by atoms with van der Waals surface area (Å²) < 4.78 is 0. The molecular weight excluding hydrogens is 140 g/mol. The Hall–Kier alpha value is -0.570. The van der Waals surface area contributed by atoms with Crippen molar-refractivity contribution in [2.45, 2.75) is 38.3 Å². The topological polar surface area (TPSA) is 41.1 Å². The van der Waals surface area contributed by atoms with E-state index < -0.39 is 0 Å². The number of likely N-dealkylation sites (N-methyl/N-ethyl adjacent to an activating group) is 1. The zero-order valence-corrected chi connectivity index (χ0v) is 7.18. The van der Waals surface area contributed by atoms with Gasteiger partial charge in [0.2, 0.25) is 5.91 Å². The van der Waals surface area contributed by atoms with Crippen molar-refractivity contribution < 1.29 is 4.79 Å². The fraction of sp³-hybridized carbons (Fsp3) is 0.875. The second kappa shape index (κ2) is 3.72. The first-order valence-electron chi connectivity index (χ1n) is 4.21. The number of carbonyl (C=O) groups excluding carboxylic acids is 1. The highest BCUT2D eigenvalue weighted by molar-refractivity contribution is 5.81. The quantitative estimate of drug-likeness (QED) is 0.572. The Kier molecular flexibility index (Phi) is 2.88. The van der Waals surface area contributed by atoms with Crippen molar-refractivity contribution in [2.24, 2.45) is 0 Å². The van der Waals surface area contributed by atoms with E-state index in [1.165, 1.54) is 6.42 Å². The minimum atomic E-state index is 0.0451. The standard InChI is InChI=1S/C8H16N2O/c1-6-4-3-5-7(10-6)8(11)9-2/h6-7,10H,3-5H2,1-2H3,(H,9,11). The molecular formula is C8H16N2O. The number of rotatable bonds is 1. The maximum absolute atomic E-state index is 11.1. The molecule has 0 spiro atoms. The molecule has 0 radical (unpaired) electrons. The van der Waals surface area contributed by atoms with Crippen LogP contribution in [0.1, 0.15) is 26.2 Å². The van der Waals surface area contributed by atoms with Gasteiger partial charge in [0.15, 0.2) is 0 Å². The van der Waals surface area contributed by atoms with Gasteiger partial charge in [0, 0.05) is 13.1 Å². The summed E-state index contributed by atoms with van der Waals surface area (Å²) in [6, 6.07) is 0.537. The SMILES string of the molecule is CNC(=O)C1CCCC(C)N1. The zero-order valence-electron chi connectivity index (χ0n) is 7.18. The molecule has 64 valence electrons. The first-order chi connectivity index (χ1) is 5.24. The number of carbonyl (C=O) groups is 1. The summed E-state index contributed by atoms with van der Waals surface area (Å²) in [4.78, 5) is 11.1. The van der Waals surface area contributed by atoms with E-state index in [0.29, 0.717) is 6.04 Å². The summed E-state index contributed by atoms with van der Waals surface area (Å²) in [5, 5.41) is 5.91. The monoisotopic (exact) mass is 156 g/mol. The molecule has 0 bridgehead atoms. The lowest BCUT2D eigenvalue weighted by Gasteiger charge is -2.27. The Morgan fingerprint density at radius 3 is 2.82 bits per heavy atom. The van der Waals surface area contributed by atoms with Crippen LogP contribution < -0.4 is 10.6 Å². The van der Waals surface area contributed by atoms with Gasteiger partial charge in [-0.25, -0.2) is 0 Å². The first-order valence-corrected chi connectivity index (χ1v) is 4.21. The smallest absolute Gasteiger partial charge is 0.236 e. The van der Waals surface area contributed by atoms with Crippen molar-refractivity contribution in [3.05, 3.63) is 0 Å². The van der Waals surface area contributed by atoms with Gasteiger partial charge in [-0.3, -0.25) is 4.79 Å². The molecule has 1 rings (SSSR count). The predicted molar refractivity (Wildman–Crippen MR) is 44.3 cm³/mol. The van der Waals surface area contributed by atoms with Crippen LogP contribution in [0.4, 0.5) is 0 Å². The van der Waals surface area contributed by atoms with E-state index in [1.807, 2.05) is 0 Å². The molecule has 1 amide bonds. The number of hydrogen-bond acceptors (Lipinski definition) is 2. The highest BCUT2D eigenvalue weighted by Gasteiger charge is 2.22. The van der Waals surface area contributed by atoms with Crippen LogP contribution in [0.2, 0.25) is 0 Å². The van der Waals surface area contributed by atoms with Crippen LogP contribution in [0.25, 0.3) is 0 Å². The summed E-state index contributed by atoms with van der Waals surface area (Å²) in [7, 11) is 1.68. The molecule has 1 heterocycles. The average molecular weight is 156 g/mol. The minimum absolute atomic E-state index is 0.0451. The second-order valence-electron chi connectivity index (χ2n) is 3.17. The minimum Gasteiger partial charge on any atom is -0.358 e. The predicted octanol–water partition coefficient (Wildman–Crippen LogP) is 0.263. The molecule has 1 aliphatic heterocycles. The molecule has 2 unspecified atom stereocenters. The molecule has 0 aromatic carbocycles. The van der Waals surface area contributed by atoms with Crippen molar-refractivity contribution in [2.75, 3.05) is 7.05 Å². The third kappa shape index (κ3) is 2.19. The maximum atomic E-state index is 11.1. The van der Waals surface area contributed by atoms with Crippen LogP contribution in [-0.4, -0.2) is 25.0 Å². The third-order valence-electron chi connectivity index (χ3n) is 2.18. The lowest BCUT2D eigenvalue weighted by atomic mass is 9.99. The molecule has 1 saturated heterocycles. The molecule has 1 aliphatic rings. The summed E-state index contributed by atoms with van der Waals surface area (Å²) >= 11 is 0. The molecule has 11 heavy (non-hydrogen) atoms. The molecule has 0 saturated carbocycles. The van der Waals surface area contributed by atoms with Gasteiger partial charge in [-0.15, -0.1) is 0 Å². The number of nitrogens with one attached hydrogen (secondary N) is 2. The molecule has 0 aliphatic carbocycles. The Bertz CT molecular complexity index is 147. The summed E-state index contributed by atoms with van der Waals surface area (Å²) in [6.07, 6.45) is 3.32. The third-order valence-corrected chi connectivity index (χ3v) is 2.18. The fourth-order valence-electron chi connectivity index (χ4n) is 1.52. The number of hydrogen-bond donors (Lipinski definition) is 2. The van der Waals surface area contributed by atoms with Gasteiger partial charge in [-0.2, -0.15) is 0 Å². The van der Waals surface area contributed by atoms with Crippen LogP contribution in [0.5, 0.6) is 0 Å². The van der Waals surface area contributed by atoms with Crippen molar-refractivity contribution >= 4 is 5.91 Å². The van der Waals surface area contributed by atoms with E-state index in [4.69, 9.17) is 0 Å². The molecule has 0 aromatic heterocycles. The van der Waals surface area contributed by atoms with Gasteiger partial charge in [-0.05, 0) is 26.2 Å². The van der Waals surface area contributed by atoms with Crippen LogP contribution in [0.15, 0.2) is 0 Å². The molecule has 2 atom stereocenters. The maximum Gasteiger partial charge on any atom is 0.236 e. The van der Waals surface area contributed by atoms with Gasteiger partial charge in [0.05, 0.1) is 6.04 Å². The van der Waals surface area contributed by atoms with E-state index in [1.54, 1.807) is 7.05 Å². The molecule has 3 heteroatoms. The summed E-state index contributed by atoms with van der Waals surface area (Å²) in [5.74, 6) is 0.122.